The molecular formula is CH9BiIN. The van der Waals surface area contributed by atoms with Gasteiger partial charge in [0.25, 0.3) is 0 Å². The quantitative estimate of drug-likeness (QED) is 0.430. The average molecular weight is 371 g/mol. The van der Waals surface area contributed by atoms with E-state index in [0.29, 0.717) is 0 Å². The molecule has 0 fully saturated rings. The topological polar surface area (TPSA) is 26.0 Å². The monoisotopic (exact) mass is 371 g/mol. The minimum atomic E-state index is 0. The molecule has 0 bridgehead atoms. The Bertz CT molecular complexity index is 8.00. The van der Waals surface area contributed by atoms with E-state index in [0.717, 1.165) is 0 Å². The second-order valence-corrected chi connectivity index (χ2v) is 0. The van der Waals surface area contributed by atoms with Crippen molar-refractivity contribution in [3.8, 4) is 0 Å². The molecule has 0 rings (SSSR count). The van der Waals surface area contributed by atoms with E-state index in [1.54, 1.807) is 0 Å². The molecule has 0 aromatic rings. The second-order valence-electron chi connectivity index (χ2n) is 0. The maximum absolute atomic E-state index is 4.50. The summed E-state index contributed by atoms with van der Waals surface area (Å²) in [6.07, 6.45) is 0. The van der Waals surface area contributed by atoms with E-state index in [4.69, 9.17) is 0 Å². The zero-order valence-corrected chi connectivity index (χ0v) is 10.5. The molecule has 0 radical (unpaired) electrons. The van der Waals surface area contributed by atoms with Crippen LogP contribution in [0.2, 0.25) is 0 Å². The molecule has 0 aliphatic heterocycles. The van der Waals surface area contributed by atoms with Crippen molar-refractivity contribution < 1.29 is 0 Å². The van der Waals surface area contributed by atoms with Crippen molar-refractivity contribution >= 4 is 50.2 Å². The van der Waals surface area contributed by atoms with Crippen molar-refractivity contribution in [1.82, 2.24) is 0 Å². The Hall–Kier alpha value is 1.57. The summed E-state index contributed by atoms with van der Waals surface area (Å²) in [5, 5.41) is 0. The third-order valence-electron chi connectivity index (χ3n) is 0. The molecule has 0 amide bonds. The molecule has 3 heteroatoms. The summed E-state index contributed by atoms with van der Waals surface area (Å²) in [7, 11) is 1.50. The van der Waals surface area contributed by atoms with Crippen LogP contribution in [0.4, 0.5) is 0 Å². The molecule has 0 saturated heterocycles. The van der Waals surface area contributed by atoms with E-state index in [9.17, 15) is 0 Å². The van der Waals surface area contributed by atoms with Crippen LogP contribution in [0.25, 0.3) is 0 Å². The predicted molar refractivity (Wildman–Crippen MR) is 35.5 cm³/mol. The molecule has 0 aliphatic rings. The van der Waals surface area contributed by atoms with Gasteiger partial charge in [0, 0.05) is 0 Å². The van der Waals surface area contributed by atoms with Gasteiger partial charge in [-0.2, -0.15) is 0 Å². The van der Waals surface area contributed by atoms with Crippen LogP contribution in [0, 0.1) is 0 Å². The first kappa shape index (κ1) is 17.6. The van der Waals surface area contributed by atoms with Gasteiger partial charge in [0.1, 0.15) is 0 Å². The summed E-state index contributed by atoms with van der Waals surface area (Å²) in [5.74, 6) is 0. The molecule has 0 aromatic carbocycles. The van der Waals surface area contributed by atoms with Gasteiger partial charge in [-0.05, 0) is 7.05 Å². The van der Waals surface area contributed by atoms with Crippen LogP contribution in [-0.4, -0.2) is 33.3 Å². The van der Waals surface area contributed by atoms with Gasteiger partial charge in [-0.25, -0.2) is 0 Å². The molecule has 0 saturated carbocycles. The van der Waals surface area contributed by atoms with Gasteiger partial charge in [0.2, 0.25) is 0 Å². The number of hydrogen-bond acceptors (Lipinski definition) is 1. The Kier molecular flexibility index (Phi) is 104. The average Bonchev–Trinajstić information content (AvgIpc) is 1.00. The van der Waals surface area contributed by atoms with Crippen LogP contribution >= 0.6 is 24.0 Å². The van der Waals surface area contributed by atoms with Crippen molar-refractivity contribution in [2.24, 2.45) is 5.73 Å². The van der Waals surface area contributed by atoms with Gasteiger partial charge >= 0.3 is 26.2 Å². The molecule has 0 aliphatic carbocycles. The van der Waals surface area contributed by atoms with Gasteiger partial charge in [-0.1, -0.05) is 0 Å². The Morgan fingerprint density at radius 3 is 1.25 bits per heavy atom. The van der Waals surface area contributed by atoms with Gasteiger partial charge in [-0.3, -0.25) is 0 Å². The van der Waals surface area contributed by atoms with Crippen molar-refractivity contribution in [3.63, 3.8) is 0 Å². The molecule has 0 unspecified atom stereocenters. The molecule has 0 spiro atoms. The summed E-state index contributed by atoms with van der Waals surface area (Å²) in [5.41, 5.74) is 4.50. The third-order valence-corrected chi connectivity index (χ3v) is 0. The number of nitrogens with two attached hydrogens (primary N) is 1. The standard InChI is InChI=1S/CH5N.Bi.HI.3H/c1-2;;;;;/h2H2,1H3;;1H;;;. The molecule has 1 nitrogen and oxygen atoms in total. The van der Waals surface area contributed by atoms with Crippen LogP contribution in [0.15, 0.2) is 0 Å². The SMILES string of the molecule is CN.I.[BiH3]. The van der Waals surface area contributed by atoms with E-state index in [1.165, 1.54) is 7.05 Å². The van der Waals surface area contributed by atoms with Crippen LogP contribution in [0.1, 0.15) is 0 Å². The van der Waals surface area contributed by atoms with Crippen LogP contribution < -0.4 is 5.73 Å². The van der Waals surface area contributed by atoms with Gasteiger partial charge in [0.05, 0.1) is 0 Å². The fraction of sp³-hybridized carbons (Fsp3) is 1.00. The number of hydrogen-bond donors (Lipinski definition) is 1. The summed E-state index contributed by atoms with van der Waals surface area (Å²) in [6, 6.07) is 0. The first-order valence-electron chi connectivity index (χ1n) is 0.577. The molecule has 0 atom stereocenters. The zero-order valence-electron chi connectivity index (χ0n) is 2.69. The normalized spacial score (nSPS) is 1.50. The van der Waals surface area contributed by atoms with Crippen LogP contribution in [-0.2, 0) is 0 Å². The molecule has 4 heavy (non-hydrogen) atoms. The van der Waals surface area contributed by atoms with Crippen LogP contribution in [0.3, 0.4) is 0 Å². The Morgan fingerprint density at radius 2 is 1.25 bits per heavy atom. The summed E-state index contributed by atoms with van der Waals surface area (Å²) in [4.78, 5) is 0. The summed E-state index contributed by atoms with van der Waals surface area (Å²) >= 11 is 0. The van der Waals surface area contributed by atoms with E-state index in [2.05, 4.69) is 5.73 Å². The Labute approximate surface area is 62.5 Å². The fourth-order valence-electron chi connectivity index (χ4n) is 0. The van der Waals surface area contributed by atoms with Crippen molar-refractivity contribution in [2.45, 2.75) is 0 Å². The molecule has 30 valence electrons. The summed E-state index contributed by atoms with van der Waals surface area (Å²) in [6.45, 7) is 0. The summed E-state index contributed by atoms with van der Waals surface area (Å²) < 4.78 is 0. The van der Waals surface area contributed by atoms with E-state index < -0.39 is 0 Å². The molecule has 0 heterocycles. The second kappa shape index (κ2) is 23.6. The molecular weight excluding hydrogens is 362 g/mol. The Morgan fingerprint density at radius 1 is 1.25 bits per heavy atom. The van der Waals surface area contributed by atoms with E-state index in [-0.39, 0.29) is 50.2 Å². The first-order chi connectivity index (χ1) is 1.00. The first-order valence-corrected chi connectivity index (χ1v) is 0.577. The van der Waals surface area contributed by atoms with Crippen molar-refractivity contribution in [2.75, 3.05) is 7.05 Å². The van der Waals surface area contributed by atoms with Gasteiger partial charge in [0.15, 0.2) is 0 Å². The Balaban J connectivity index is -0.00000000500. The maximum atomic E-state index is 4.50. The fourth-order valence-corrected chi connectivity index (χ4v) is 0. The minimum absolute atomic E-state index is 0. The van der Waals surface area contributed by atoms with E-state index in [1.807, 2.05) is 0 Å². The third kappa shape index (κ3) is 9.56. The van der Waals surface area contributed by atoms with Crippen LogP contribution in [0.5, 0.6) is 0 Å². The van der Waals surface area contributed by atoms with Gasteiger partial charge in [-0.15, -0.1) is 24.0 Å². The number of halogens is 1. The molecule has 2 N–H and O–H groups in total. The van der Waals surface area contributed by atoms with Gasteiger partial charge < -0.3 is 5.73 Å². The van der Waals surface area contributed by atoms with Crippen molar-refractivity contribution in [3.05, 3.63) is 0 Å². The molecule has 0 aromatic heterocycles. The van der Waals surface area contributed by atoms with E-state index >= 15 is 0 Å². The predicted octanol–water partition coefficient (Wildman–Crippen LogP) is -0.991. The zero-order chi connectivity index (χ0) is 2.00. The van der Waals surface area contributed by atoms with Crippen molar-refractivity contribution in [1.29, 1.82) is 0 Å². The number of rotatable bonds is 0.